The first-order valence-corrected chi connectivity index (χ1v) is 5.24. The summed E-state index contributed by atoms with van der Waals surface area (Å²) >= 11 is 0.933. The Morgan fingerprint density at radius 3 is 2.44 bits per heavy atom. The fraction of sp³-hybridized carbons (Fsp3) is 0.100. The Balaban J connectivity index is 2.44. The van der Waals surface area contributed by atoms with Crippen LogP contribution in [0.4, 0.5) is 18.9 Å². The molecule has 84 valence electrons. The summed E-state index contributed by atoms with van der Waals surface area (Å²) in [5.41, 5.74) is 5.73. The van der Waals surface area contributed by atoms with E-state index >= 15 is 0 Å². The fourth-order valence-corrected chi connectivity index (χ4v) is 2.09. The van der Waals surface area contributed by atoms with E-state index in [1.807, 2.05) is 0 Å². The van der Waals surface area contributed by atoms with Gasteiger partial charge in [-0.1, -0.05) is 12.1 Å². The smallest absolute Gasteiger partial charge is 0.398 e. The first-order valence-electron chi connectivity index (χ1n) is 4.36. The van der Waals surface area contributed by atoms with E-state index in [4.69, 9.17) is 5.73 Å². The molecule has 0 spiro atoms. The Hall–Kier alpha value is -1.56. The van der Waals surface area contributed by atoms with Gasteiger partial charge in [0.25, 0.3) is 0 Å². The Kier molecular flexibility index (Phi) is 2.59. The summed E-state index contributed by atoms with van der Waals surface area (Å²) in [4.78, 5) is 3.53. The zero-order valence-corrected chi connectivity index (χ0v) is 8.77. The van der Waals surface area contributed by atoms with Gasteiger partial charge in [0.05, 0.1) is 0 Å². The third kappa shape index (κ3) is 2.01. The quantitative estimate of drug-likeness (QED) is 0.781. The van der Waals surface area contributed by atoms with Crippen LogP contribution in [0.25, 0.3) is 10.6 Å². The van der Waals surface area contributed by atoms with E-state index in [1.54, 1.807) is 24.3 Å². The minimum Gasteiger partial charge on any atom is -0.398 e. The van der Waals surface area contributed by atoms with Crippen LogP contribution in [0, 0.1) is 0 Å². The molecule has 2 rings (SSSR count). The van der Waals surface area contributed by atoms with E-state index in [-0.39, 0.29) is 5.01 Å². The molecule has 0 aliphatic carbocycles. The van der Waals surface area contributed by atoms with Crippen molar-refractivity contribution in [2.24, 2.45) is 0 Å². The molecule has 0 atom stereocenters. The molecule has 2 N–H and O–H groups in total. The van der Waals surface area contributed by atoms with Crippen molar-refractivity contribution in [1.29, 1.82) is 0 Å². The third-order valence-electron chi connectivity index (χ3n) is 1.99. The highest BCUT2D eigenvalue weighted by atomic mass is 32.1. The summed E-state index contributed by atoms with van der Waals surface area (Å²) in [7, 11) is 0. The van der Waals surface area contributed by atoms with Crippen LogP contribution in [0.2, 0.25) is 0 Å². The molecule has 0 saturated heterocycles. The molecule has 0 fully saturated rings. The average molecular weight is 244 g/mol. The van der Waals surface area contributed by atoms with E-state index in [2.05, 4.69) is 4.98 Å². The molecule has 0 unspecified atom stereocenters. The van der Waals surface area contributed by atoms with Crippen molar-refractivity contribution in [3.63, 3.8) is 0 Å². The van der Waals surface area contributed by atoms with Crippen molar-refractivity contribution in [2.45, 2.75) is 6.18 Å². The molecule has 0 radical (unpaired) electrons. The van der Waals surface area contributed by atoms with E-state index in [1.165, 1.54) is 0 Å². The highest BCUT2D eigenvalue weighted by molar-refractivity contribution is 7.13. The van der Waals surface area contributed by atoms with Crippen LogP contribution in [0.3, 0.4) is 0 Å². The molecule has 0 aliphatic heterocycles. The number of rotatable bonds is 1. The summed E-state index contributed by atoms with van der Waals surface area (Å²) in [5, 5.41) is 1.27. The maximum Gasteiger partial charge on any atom is 0.434 e. The Morgan fingerprint density at radius 2 is 1.88 bits per heavy atom. The summed E-state index contributed by atoms with van der Waals surface area (Å²) in [6, 6.07) is 6.70. The highest BCUT2D eigenvalue weighted by Crippen LogP contribution is 2.35. The molecular formula is C10H7F3N2S. The number of aromatic nitrogens is 1. The molecule has 1 aromatic carbocycles. The largest absolute Gasteiger partial charge is 0.434 e. The molecule has 1 heterocycles. The summed E-state index contributed by atoms with van der Waals surface area (Å²) in [6.07, 6.45) is -4.40. The van der Waals surface area contributed by atoms with E-state index < -0.39 is 11.9 Å². The van der Waals surface area contributed by atoms with Gasteiger partial charge in [0.15, 0.2) is 5.69 Å². The van der Waals surface area contributed by atoms with E-state index in [0.29, 0.717) is 11.3 Å². The zero-order valence-electron chi connectivity index (χ0n) is 7.95. The number of nitrogens with two attached hydrogens (primary N) is 1. The minimum absolute atomic E-state index is 0.283. The van der Waals surface area contributed by atoms with E-state index in [0.717, 1.165) is 16.7 Å². The number of nitrogen functional groups attached to an aromatic ring is 1. The van der Waals surface area contributed by atoms with Gasteiger partial charge >= 0.3 is 6.18 Å². The number of hydrogen-bond donors (Lipinski definition) is 1. The molecule has 0 aliphatic rings. The van der Waals surface area contributed by atoms with Crippen molar-refractivity contribution in [3.8, 4) is 10.6 Å². The standard InChI is InChI=1S/C10H7F3N2S/c11-10(12,13)8-5-16-9(15-8)6-3-1-2-4-7(6)14/h1-5H,14H2. The maximum absolute atomic E-state index is 12.3. The lowest BCUT2D eigenvalue weighted by Gasteiger charge is -2.02. The number of benzene rings is 1. The second-order valence-corrected chi connectivity index (χ2v) is 3.98. The van der Waals surface area contributed by atoms with Crippen LogP contribution in [-0.2, 0) is 6.18 Å². The van der Waals surface area contributed by atoms with Gasteiger partial charge in [-0.25, -0.2) is 4.98 Å². The first-order chi connectivity index (χ1) is 7.48. The van der Waals surface area contributed by atoms with Crippen LogP contribution in [-0.4, -0.2) is 4.98 Å². The molecule has 2 nitrogen and oxygen atoms in total. The predicted octanol–water partition coefficient (Wildman–Crippen LogP) is 3.41. The van der Waals surface area contributed by atoms with Gasteiger partial charge in [0, 0.05) is 16.6 Å². The number of hydrogen-bond acceptors (Lipinski definition) is 3. The van der Waals surface area contributed by atoms with Crippen LogP contribution in [0.5, 0.6) is 0 Å². The molecule has 6 heteroatoms. The SMILES string of the molecule is Nc1ccccc1-c1nc(C(F)(F)F)cs1. The number of para-hydroxylation sites is 1. The maximum atomic E-state index is 12.3. The van der Waals surface area contributed by atoms with Crippen LogP contribution in [0.1, 0.15) is 5.69 Å². The molecule has 16 heavy (non-hydrogen) atoms. The van der Waals surface area contributed by atoms with Crippen LogP contribution >= 0.6 is 11.3 Å². The second kappa shape index (κ2) is 3.79. The first kappa shape index (κ1) is 10.9. The van der Waals surface area contributed by atoms with Gasteiger partial charge in [-0.2, -0.15) is 13.2 Å². The lowest BCUT2D eigenvalue weighted by molar-refractivity contribution is -0.140. The Morgan fingerprint density at radius 1 is 1.19 bits per heavy atom. The molecular weight excluding hydrogens is 237 g/mol. The minimum atomic E-state index is -4.40. The van der Waals surface area contributed by atoms with Gasteiger partial charge in [-0.05, 0) is 12.1 Å². The fourth-order valence-electron chi connectivity index (χ4n) is 1.22. The molecule has 0 bridgehead atoms. The zero-order chi connectivity index (χ0) is 11.8. The molecule has 2 aromatic rings. The monoisotopic (exact) mass is 244 g/mol. The average Bonchev–Trinajstić information content (AvgIpc) is 2.66. The van der Waals surface area contributed by atoms with Crippen molar-refractivity contribution in [3.05, 3.63) is 35.3 Å². The number of halogens is 3. The van der Waals surface area contributed by atoms with Gasteiger partial charge in [-0.15, -0.1) is 11.3 Å². The number of nitrogens with zero attached hydrogens (tertiary/aromatic N) is 1. The summed E-state index contributed by atoms with van der Waals surface area (Å²) < 4.78 is 37.0. The van der Waals surface area contributed by atoms with Crippen molar-refractivity contribution >= 4 is 17.0 Å². The Bertz CT molecular complexity index is 505. The number of thiazole rings is 1. The van der Waals surface area contributed by atoms with Gasteiger partial charge in [0.2, 0.25) is 0 Å². The van der Waals surface area contributed by atoms with Crippen molar-refractivity contribution in [2.75, 3.05) is 5.73 Å². The lowest BCUT2D eigenvalue weighted by atomic mass is 10.2. The van der Waals surface area contributed by atoms with Crippen LogP contribution < -0.4 is 5.73 Å². The van der Waals surface area contributed by atoms with Gasteiger partial charge < -0.3 is 5.73 Å². The van der Waals surface area contributed by atoms with Gasteiger partial charge in [-0.3, -0.25) is 0 Å². The Labute approximate surface area is 93.5 Å². The normalized spacial score (nSPS) is 11.7. The van der Waals surface area contributed by atoms with Gasteiger partial charge in [0.1, 0.15) is 5.01 Å². The second-order valence-electron chi connectivity index (χ2n) is 3.12. The predicted molar refractivity (Wildman–Crippen MR) is 57.0 cm³/mol. The number of anilines is 1. The topological polar surface area (TPSA) is 38.9 Å². The number of alkyl halides is 3. The summed E-state index contributed by atoms with van der Waals surface area (Å²) in [6.45, 7) is 0. The molecule has 0 amide bonds. The van der Waals surface area contributed by atoms with Crippen LogP contribution in [0.15, 0.2) is 29.6 Å². The van der Waals surface area contributed by atoms with E-state index in [9.17, 15) is 13.2 Å². The third-order valence-corrected chi connectivity index (χ3v) is 2.86. The molecule has 0 saturated carbocycles. The van der Waals surface area contributed by atoms with Crippen molar-refractivity contribution < 1.29 is 13.2 Å². The molecule has 1 aromatic heterocycles. The highest BCUT2D eigenvalue weighted by Gasteiger charge is 2.33. The van der Waals surface area contributed by atoms with Crippen molar-refractivity contribution in [1.82, 2.24) is 4.98 Å². The summed E-state index contributed by atoms with van der Waals surface area (Å²) in [5.74, 6) is 0. The lowest BCUT2D eigenvalue weighted by Crippen LogP contribution is -2.04.